The smallest absolute Gasteiger partial charge is 0.295 e. The fraction of sp³-hybridized carbons (Fsp3) is 0.600. The number of rotatable bonds is 4. The SMILES string of the molecule is COc1c(NC(C)C(C)C)nc[nH]c1=O. The Labute approximate surface area is 88.9 Å². The van der Waals surface area contributed by atoms with Crippen molar-refractivity contribution in [2.24, 2.45) is 5.92 Å². The highest BCUT2D eigenvalue weighted by Crippen LogP contribution is 2.17. The molecule has 0 spiro atoms. The van der Waals surface area contributed by atoms with E-state index in [-0.39, 0.29) is 17.4 Å². The molecule has 5 nitrogen and oxygen atoms in total. The van der Waals surface area contributed by atoms with Crippen LogP contribution in [-0.4, -0.2) is 23.1 Å². The second kappa shape index (κ2) is 4.82. The average Bonchev–Trinajstić information content (AvgIpc) is 2.18. The zero-order valence-electron chi connectivity index (χ0n) is 9.50. The van der Waals surface area contributed by atoms with Gasteiger partial charge in [0, 0.05) is 6.04 Å². The molecular formula is C10H17N3O2. The van der Waals surface area contributed by atoms with Gasteiger partial charge in [0.1, 0.15) is 0 Å². The number of nitrogens with one attached hydrogen (secondary N) is 2. The van der Waals surface area contributed by atoms with Crippen LogP contribution in [0.1, 0.15) is 20.8 Å². The fourth-order valence-corrected chi connectivity index (χ4v) is 1.06. The number of ether oxygens (including phenoxy) is 1. The van der Waals surface area contributed by atoms with E-state index in [1.807, 2.05) is 6.92 Å². The molecule has 1 rings (SSSR count). The third-order valence-corrected chi connectivity index (χ3v) is 2.38. The molecule has 0 aliphatic rings. The number of hydrogen-bond acceptors (Lipinski definition) is 4. The van der Waals surface area contributed by atoms with Crippen molar-refractivity contribution >= 4 is 5.82 Å². The van der Waals surface area contributed by atoms with Gasteiger partial charge in [-0.25, -0.2) is 4.98 Å². The van der Waals surface area contributed by atoms with Gasteiger partial charge in [0.15, 0.2) is 5.82 Å². The fourth-order valence-electron chi connectivity index (χ4n) is 1.06. The van der Waals surface area contributed by atoms with E-state index in [0.717, 1.165) is 0 Å². The van der Waals surface area contributed by atoms with E-state index in [1.54, 1.807) is 0 Å². The number of nitrogens with zero attached hydrogens (tertiary/aromatic N) is 1. The molecule has 0 amide bonds. The standard InChI is InChI=1S/C10H17N3O2/c1-6(2)7(3)13-9-8(15-4)10(14)12-5-11-9/h5-7H,1-4H3,(H2,11,12,13,14). The quantitative estimate of drug-likeness (QED) is 0.786. The Hall–Kier alpha value is -1.52. The summed E-state index contributed by atoms with van der Waals surface area (Å²) in [5.74, 6) is 1.17. The van der Waals surface area contributed by atoms with Crippen molar-refractivity contribution < 1.29 is 4.74 Å². The Morgan fingerprint density at radius 3 is 2.67 bits per heavy atom. The van der Waals surface area contributed by atoms with Gasteiger partial charge >= 0.3 is 0 Å². The van der Waals surface area contributed by atoms with E-state index < -0.39 is 0 Å². The maximum absolute atomic E-state index is 11.4. The van der Waals surface area contributed by atoms with Crippen LogP contribution in [0.2, 0.25) is 0 Å². The highest BCUT2D eigenvalue weighted by atomic mass is 16.5. The van der Waals surface area contributed by atoms with E-state index in [2.05, 4.69) is 29.1 Å². The largest absolute Gasteiger partial charge is 0.489 e. The van der Waals surface area contributed by atoms with Gasteiger partial charge in [0.05, 0.1) is 13.4 Å². The summed E-state index contributed by atoms with van der Waals surface area (Å²) in [7, 11) is 1.46. The van der Waals surface area contributed by atoms with Crippen molar-refractivity contribution in [3.8, 4) is 5.75 Å². The van der Waals surface area contributed by atoms with Crippen LogP contribution in [0.3, 0.4) is 0 Å². The molecule has 0 aliphatic heterocycles. The molecule has 2 N–H and O–H groups in total. The van der Waals surface area contributed by atoms with E-state index in [1.165, 1.54) is 13.4 Å². The number of hydrogen-bond donors (Lipinski definition) is 2. The van der Waals surface area contributed by atoms with Gasteiger partial charge in [-0.3, -0.25) is 4.79 Å². The predicted molar refractivity (Wildman–Crippen MR) is 59.3 cm³/mol. The van der Waals surface area contributed by atoms with Gasteiger partial charge < -0.3 is 15.0 Å². The molecule has 15 heavy (non-hydrogen) atoms. The Kier molecular flexibility index (Phi) is 3.71. The summed E-state index contributed by atoms with van der Waals surface area (Å²) in [6, 6.07) is 0.230. The molecule has 1 aromatic heterocycles. The molecule has 0 fully saturated rings. The molecule has 0 radical (unpaired) electrons. The normalized spacial score (nSPS) is 12.6. The van der Waals surface area contributed by atoms with Crippen molar-refractivity contribution in [1.29, 1.82) is 0 Å². The minimum absolute atomic E-state index is 0.227. The lowest BCUT2D eigenvalue weighted by Gasteiger charge is -2.18. The number of anilines is 1. The number of methoxy groups -OCH3 is 1. The maximum Gasteiger partial charge on any atom is 0.295 e. The summed E-state index contributed by atoms with van der Waals surface area (Å²) in [5.41, 5.74) is -0.272. The molecule has 0 aromatic carbocycles. The molecule has 84 valence electrons. The van der Waals surface area contributed by atoms with Crippen LogP contribution in [0, 0.1) is 5.92 Å². The second-order valence-electron chi connectivity index (χ2n) is 3.79. The molecule has 0 aliphatic carbocycles. The minimum atomic E-state index is -0.272. The molecule has 1 heterocycles. The topological polar surface area (TPSA) is 67.0 Å². The zero-order chi connectivity index (χ0) is 11.4. The summed E-state index contributed by atoms with van der Waals surface area (Å²) in [6.07, 6.45) is 1.36. The third-order valence-electron chi connectivity index (χ3n) is 2.38. The van der Waals surface area contributed by atoms with E-state index in [4.69, 9.17) is 4.74 Å². The lowest BCUT2D eigenvalue weighted by Crippen LogP contribution is -2.24. The summed E-state index contributed by atoms with van der Waals surface area (Å²) in [6.45, 7) is 6.22. The lowest BCUT2D eigenvalue weighted by molar-refractivity contribution is 0.406. The highest BCUT2D eigenvalue weighted by Gasteiger charge is 2.13. The Morgan fingerprint density at radius 1 is 1.47 bits per heavy atom. The molecule has 1 aromatic rings. The number of H-pyrrole nitrogens is 1. The van der Waals surface area contributed by atoms with Gasteiger partial charge in [-0.05, 0) is 12.8 Å². The highest BCUT2D eigenvalue weighted by molar-refractivity contribution is 5.48. The summed E-state index contributed by atoms with van der Waals surface area (Å²) in [4.78, 5) is 17.9. The first-order valence-corrected chi connectivity index (χ1v) is 4.94. The summed E-state index contributed by atoms with van der Waals surface area (Å²) >= 11 is 0. The van der Waals surface area contributed by atoms with Crippen LogP contribution in [-0.2, 0) is 0 Å². The van der Waals surface area contributed by atoms with E-state index in [9.17, 15) is 4.79 Å². The molecule has 1 unspecified atom stereocenters. The van der Waals surface area contributed by atoms with E-state index >= 15 is 0 Å². The monoisotopic (exact) mass is 211 g/mol. The molecule has 5 heteroatoms. The van der Waals surface area contributed by atoms with Gasteiger partial charge in [0.2, 0.25) is 5.75 Å². The van der Waals surface area contributed by atoms with Crippen LogP contribution in [0.15, 0.2) is 11.1 Å². The predicted octanol–water partition coefficient (Wildman–Crippen LogP) is 1.23. The summed E-state index contributed by atoms with van der Waals surface area (Å²) in [5, 5.41) is 3.15. The first-order valence-electron chi connectivity index (χ1n) is 4.94. The average molecular weight is 211 g/mol. The number of aromatic nitrogens is 2. The minimum Gasteiger partial charge on any atom is -0.489 e. The van der Waals surface area contributed by atoms with Crippen molar-refractivity contribution in [2.45, 2.75) is 26.8 Å². The van der Waals surface area contributed by atoms with Crippen LogP contribution in [0.4, 0.5) is 5.82 Å². The lowest BCUT2D eigenvalue weighted by atomic mass is 10.1. The molecule has 0 bridgehead atoms. The Balaban J connectivity index is 2.94. The zero-order valence-corrected chi connectivity index (χ0v) is 9.50. The first-order chi connectivity index (χ1) is 7.06. The van der Waals surface area contributed by atoms with Crippen molar-refractivity contribution in [3.05, 3.63) is 16.7 Å². The van der Waals surface area contributed by atoms with Crippen LogP contribution >= 0.6 is 0 Å². The molecule has 0 saturated heterocycles. The van der Waals surface area contributed by atoms with Crippen molar-refractivity contribution in [1.82, 2.24) is 9.97 Å². The molecule has 0 saturated carbocycles. The number of aromatic amines is 1. The first kappa shape index (κ1) is 11.6. The van der Waals surface area contributed by atoms with Crippen molar-refractivity contribution in [2.75, 3.05) is 12.4 Å². The maximum atomic E-state index is 11.4. The Bertz CT molecular complexity index is 373. The Morgan fingerprint density at radius 2 is 2.13 bits per heavy atom. The van der Waals surface area contributed by atoms with Crippen molar-refractivity contribution in [3.63, 3.8) is 0 Å². The van der Waals surface area contributed by atoms with Crippen LogP contribution < -0.4 is 15.6 Å². The van der Waals surface area contributed by atoms with Gasteiger partial charge in [0.25, 0.3) is 5.56 Å². The summed E-state index contributed by atoms with van der Waals surface area (Å²) < 4.78 is 4.99. The molecular weight excluding hydrogens is 194 g/mol. The third kappa shape index (κ3) is 2.71. The van der Waals surface area contributed by atoms with Gasteiger partial charge in [-0.15, -0.1) is 0 Å². The van der Waals surface area contributed by atoms with Gasteiger partial charge in [-0.2, -0.15) is 0 Å². The second-order valence-corrected chi connectivity index (χ2v) is 3.79. The van der Waals surface area contributed by atoms with Gasteiger partial charge in [-0.1, -0.05) is 13.8 Å². The van der Waals surface area contributed by atoms with Crippen LogP contribution in [0.5, 0.6) is 5.75 Å². The van der Waals surface area contributed by atoms with Crippen LogP contribution in [0.25, 0.3) is 0 Å². The van der Waals surface area contributed by atoms with E-state index in [0.29, 0.717) is 11.7 Å². The molecule has 1 atom stereocenters.